The lowest BCUT2D eigenvalue weighted by atomic mass is 9.57. The number of benzene rings is 2. The number of aromatic hydroxyl groups is 1. The van der Waals surface area contributed by atoms with E-state index in [0.29, 0.717) is 0 Å². The lowest BCUT2D eigenvalue weighted by molar-refractivity contribution is 0.0714. The van der Waals surface area contributed by atoms with E-state index in [1.807, 2.05) is 0 Å². The Morgan fingerprint density at radius 1 is 1.17 bits per heavy atom. The summed E-state index contributed by atoms with van der Waals surface area (Å²) in [5, 5.41) is 9.91. The number of halogens is 1. The SMILES string of the molecule is CN1CCc2cc(F)c(O)cc2C1C1(c2ccccc2)CCC1. The molecular weight excluding hydrogens is 289 g/mol. The number of nitrogens with zero attached hydrogens (tertiary/aromatic N) is 1. The maximum atomic E-state index is 13.8. The molecule has 23 heavy (non-hydrogen) atoms. The fourth-order valence-corrected chi connectivity index (χ4v) is 4.52. The average Bonchev–Trinajstić information content (AvgIpc) is 2.51. The Morgan fingerprint density at radius 2 is 1.91 bits per heavy atom. The zero-order valence-corrected chi connectivity index (χ0v) is 13.4. The van der Waals surface area contributed by atoms with E-state index >= 15 is 0 Å². The van der Waals surface area contributed by atoms with Gasteiger partial charge in [-0.15, -0.1) is 0 Å². The van der Waals surface area contributed by atoms with Gasteiger partial charge in [-0.05, 0) is 55.1 Å². The van der Waals surface area contributed by atoms with Gasteiger partial charge in [-0.3, -0.25) is 4.90 Å². The van der Waals surface area contributed by atoms with Crippen LogP contribution in [0.25, 0.3) is 0 Å². The fraction of sp³-hybridized carbons (Fsp3) is 0.400. The minimum Gasteiger partial charge on any atom is -0.505 e. The molecule has 2 aliphatic rings. The molecule has 1 aliphatic carbocycles. The highest BCUT2D eigenvalue weighted by Gasteiger charge is 2.49. The second kappa shape index (κ2) is 5.34. The Balaban J connectivity index is 1.86. The Morgan fingerprint density at radius 3 is 2.57 bits per heavy atom. The zero-order chi connectivity index (χ0) is 16.0. The number of likely N-dealkylation sites (N-methyl/N-ethyl adjacent to an activating group) is 1. The van der Waals surface area contributed by atoms with Crippen LogP contribution in [0.3, 0.4) is 0 Å². The van der Waals surface area contributed by atoms with Crippen LogP contribution < -0.4 is 0 Å². The molecule has 2 nitrogen and oxygen atoms in total. The summed E-state index contributed by atoms with van der Waals surface area (Å²) >= 11 is 0. The highest BCUT2D eigenvalue weighted by atomic mass is 19.1. The molecule has 0 amide bonds. The number of hydrogen-bond acceptors (Lipinski definition) is 2. The summed E-state index contributed by atoms with van der Waals surface area (Å²) in [6, 6.07) is 14.1. The predicted molar refractivity (Wildman–Crippen MR) is 89.1 cm³/mol. The van der Waals surface area contributed by atoms with Crippen molar-refractivity contribution < 1.29 is 9.50 Å². The van der Waals surface area contributed by atoms with Crippen molar-refractivity contribution in [3.05, 3.63) is 65.0 Å². The number of phenolic OH excluding ortho intramolecular Hbond substituents is 1. The summed E-state index contributed by atoms with van der Waals surface area (Å²) in [7, 11) is 2.15. The molecule has 3 heteroatoms. The molecule has 0 radical (unpaired) electrons. The van der Waals surface area contributed by atoms with E-state index in [1.165, 1.54) is 18.1 Å². The number of phenols is 1. The highest BCUT2D eigenvalue weighted by molar-refractivity contribution is 5.44. The second-order valence-electron chi connectivity index (χ2n) is 7.01. The van der Waals surface area contributed by atoms with Gasteiger partial charge < -0.3 is 5.11 Å². The van der Waals surface area contributed by atoms with Crippen LogP contribution >= 0.6 is 0 Å². The predicted octanol–water partition coefficient (Wildman–Crippen LogP) is 4.18. The van der Waals surface area contributed by atoms with Gasteiger partial charge in [0.1, 0.15) is 0 Å². The molecule has 0 bridgehead atoms. The smallest absolute Gasteiger partial charge is 0.165 e. The number of rotatable bonds is 2. The van der Waals surface area contributed by atoms with E-state index in [1.54, 1.807) is 6.07 Å². The molecule has 2 aromatic carbocycles. The maximum absolute atomic E-state index is 13.8. The van der Waals surface area contributed by atoms with E-state index in [4.69, 9.17) is 0 Å². The first kappa shape index (κ1) is 14.7. The summed E-state index contributed by atoms with van der Waals surface area (Å²) in [6.45, 7) is 0.927. The van der Waals surface area contributed by atoms with Crippen LogP contribution in [0.4, 0.5) is 4.39 Å². The van der Waals surface area contributed by atoms with Crippen molar-refractivity contribution in [1.82, 2.24) is 4.90 Å². The van der Waals surface area contributed by atoms with Crippen LogP contribution in [0, 0.1) is 5.82 Å². The van der Waals surface area contributed by atoms with Gasteiger partial charge in [0.25, 0.3) is 0 Å². The molecule has 0 saturated heterocycles. The molecule has 1 fully saturated rings. The molecule has 1 N–H and O–H groups in total. The molecule has 120 valence electrons. The van der Waals surface area contributed by atoms with Crippen molar-refractivity contribution in [2.45, 2.75) is 37.1 Å². The van der Waals surface area contributed by atoms with Gasteiger partial charge in [0.2, 0.25) is 0 Å². The average molecular weight is 311 g/mol. The monoisotopic (exact) mass is 311 g/mol. The lowest BCUT2D eigenvalue weighted by Gasteiger charge is -2.53. The Kier molecular flexibility index (Phi) is 3.42. The van der Waals surface area contributed by atoms with E-state index < -0.39 is 5.82 Å². The first-order chi connectivity index (χ1) is 11.1. The summed E-state index contributed by atoms with van der Waals surface area (Å²) in [4.78, 5) is 2.38. The normalized spacial score (nSPS) is 23.1. The molecule has 0 spiro atoms. The van der Waals surface area contributed by atoms with Crippen molar-refractivity contribution >= 4 is 0 Å². The quantitative estimate of drug-likeness (QED) is 0.899. The van der Waals surface area contributed by atoms with Gasteiger partial charge in [-0.25, -0.2) is 4.39 Å². The molecule has 2 aromatic rings. The lowest BCUT2D eigenvalue weighted by Crippen LogP contribution is -2.49. The molecule has 1 atom stereocenters. The zero-order valence-electron chi connectivity index (χ0n) is 13.4. The minimum absolute atomic E-state index is 0.0788. The van der Waals surface area contributed by atoms with Crippen molar-refractivity contribution in [2.75, 3.05) is 13.6 Å². The number of hydrogen-bond donors (Lipinski definition) is 1. The molecule has 1 unspecified atom stereocenters. The summed E-state index contributed by atoms with van der Waals surface area (Å²) in [6.07, 6.45) is 4.35. The van der Waals surface area contributed by atoms with Gasteiger partial charge in [0.15, 0.2) is 11.6 Å². The van der Waals surface area contributed by atoms with Crippen molar-refractivity contribution in [3.8, 4) is 5.75 Å². The molecule has 1 saturated carbocycles. The van der Waals surface area contributed by atoms with Crippen LogP contribution in [0.1, 0.15) is 42.0 Å². The van der Waals surface area contributed by atoms with Crippen molar-refractivity contribution in [3.63, 3.8) is 0 Å². The highest BCUT2D eigenvalue weighted by Crippen LogP contribution is 2.56. The van der Waals surface area contributed by atoms with Crippen molar-refractivity contribution in [1.29, 1.82) is 0 Å². The second-order valence-corrected chi connectivity index (χ2v) is 7.01. The first-order valence-electron chi connectivity index (χ1n) is 8.39. The van der Waals surface area contributed by atoms with Gasteiger partial charge in [0, 0.05) is 18.0 Å². The van der Waals surface area contributed by atoms with E-state index in [0.717, 1.165) is 36.9 Å². The standard InChI is InChI=1S/C20H22FNO/c1-22-11-8-14-12-17(21)18(23)13-16(14)19(22)20(9-5-10-20)15-6-3-2-4-7-15/h2-4,6-7,12-13,19,23H,5,8-11H2,1H3. The fourth-order valence-electron chi connectivity index (χ4n) is 4.52. The van der Waals surface area contributed by atoms with E-state index in [2.05, 4.69) is 42.3 Å². The van der Waals surface area contributed by atoms with Gasteiger partial charge >= 0.3 is 0 Å². The maximum Gasteiger partial charge on any atom is 0.165 e. The molecule has 1 heterocycles. The van der Waals surface area contributed by atoms with Gasteiger partial charge in [-0.2, -0.15) is 0 Å². The Bertz CT molecular complexity index is 724. The van der Waals surface area contributed by atoms with Crippen LogP contribution in [-0.4, -0.2) is 23.6 Å². The first-order valence-corrected chi connectivity index (χ1v) is 8.39. The Labute approximate surface area is 136 Å². The van der Waals surface area contributed by atoms with Crippen molar-refractivity contribution in [2.24, 2.45) is 0 Å². The summed E-state index contributed by atoms with van der Waals surface area (Å²) in [5.41, 5.74) is 3.58. The third kappa shape index (κ3) is 2.18. The van der Waals surface area contributed by atoms with Crippen LogP contribution in [0.15, 0.2) is 42.5 Å². The molecule has 0 aromatic heterocycles. The van der Waals surface area contributed by atoms with Gasteiger partial charge in [0.05, 0.1) is 0 Å². The van der Waals surface area contributed by atoms with E-state index in [-0.39, 0.29) is 17.2 Å². The minimum atomic E-state index is -0.505. The third-order valence-electron chi connectivity index (χ3n) is 5.80. The van der Waals surface area contributed by atoms with Crippen LogP contribution in [-0.2, 0) is 11.8 Å². The molecular formula is C20H22FNO. The third-order valence-corrected chi connectivity index (χ3v) is 5.80. The Hall–Kier alpha value is -1.87. The molecule has 4 rings (SSSR count). The summed E-state index contributed by atoms with van der Waals surface area (Å²) in [5.74, 6) is -0.735. The van der Waals surface area contributed by atoms with Gasteiger partial charge in [-0.1, -0.05) is 36.8 Å². The number of fused-ring (bicyclic) bond motifs is 1. The van der Waals surface area contributed by atoms with Crippen LogP contribution in [0.2, 0.25) is 0 Å². The topological polar surface area (TPSA) is 23.5 Å². The van der Waals surface area contributed by atoms with E-state index in [9.17, 15) is 9.50 Å². The molecule has 1 aliphatic heterocycles. The summed E-state index contributed by atoms with van der Waals surface area (Å²) < 4.78 is 13.8. The largest absolute Gasteiger partial charge is 0.505 e. The van der Waals surface area contributed by atoms with Crippen LogP contribution in [0.5, 0.6) is 5.75 Å².